The summed E-state index contributed by atoms with van der Waals surface area (Å²) in [6.07, 6.45) is 2.63. The van der Waals surface area contributed by atoms with Crippen LogP contribution < -0.4 is 10.0 Å². The first-order valence-corrected chi connectivity index (χ1v) is 11.2. The Kier molecular flexibility index (Phi) is 6.69. The molecular weight excluding hydrogens is 475 g/mol. The second-order valence-corrected chi connectivity index (χ2v) is 9.34. The average Bonchev–Trinajstić information content (AvgIpc) is 3.12. The van der Waals surface area contributed by atoms with Crippen molar-refractivity contribution in [2.45, 2.75) is 17.9 Å². The van der Waals surface area contributed by atoms with Crippen molar-refractivity contribution in [1.82, 2.24) is 19.8 Å². The van der Waals surface area contributed by atoms with Gasteiger partial charge in [0.2, 0.25) is 10.0 Å². The van der Waals surface area contributed by atoms with Crippen LogP contribution in [0.3, 0.4) is 0 Å². The zero-order valence-electron chi connectivity index (χ0n) is 16.3. The number of hydrogen-bond acceptors (Lipinski definition) is 4. The molecule has 1 amide bonds. The number of carbonyl (C=O) groups excluding carboxylic acids is 1. The number of rotatable bonds is 7. The number of sulfonamides is 1. The van der Waals surface area contributed by atoms with Gasteiger partial charge in [-0.25, -0.2) is 17.5 Å². The molecule has 0 spiro atoms. The smallest absolute Gasteiger partial charge is 0.253 e. The van der Waals surface area contributed by atoms with Crippen LogP contribution in [0.15, 0.2) is 64.2 Å². The van der Waals surface area contributed by atoms with Gasteiger partial charge in [-0.05, 0) is 46.1 Å². The lowest BCUT2D eigenvalue weighted by Crippen LogP contribution is -2.38. The fourth-order valence-electron chi connectivity index (χ4n) is 2.97. The molecule has 158 valence electrons. The van der Waals surface area contributed by atoms with Crippen molar-refractivity contribution in [2.75, 3.05) is 6.54 Å². The Morgan fingerprint density at radius 2 is 1.97 bits per heavy atom. The van der Waals surface area contributed by atoms with E-state index in [4.69, 9.17) is 0 Å². The molecule has 0 fully saturated rings. The predicted octanol–water partition coefficient (Wildman–Crippen LogP) is 3.08. The van der Waals surface area contributed by atoms with Gasteiger partial charge in [0, 0.05) is 24.3 Å². The van der Waals surface area contributed by atoms with Crippen LogP contribution in [0.4, 0.5) is 4.39 Å². The highest BCUT2D eigenvalue weighted by atomic mass is 79.9. The van der Waals surface area contributed by atoms with Crippen molar-refractivity contribution in [3.05, 3.63) is 81.8 Å². The molecule has 0 aliphatic carbocycles. The molecule has 10 heteroatoms. The van der Waals surface area contributed by atoms with Crippen molar-refractivity contribution in [3.8, 4) is 0 Å². The summed E-state index contributed by atoms with van der Waals surface area (Å²) >= 11 is 3.23. The number of aromatic nitrogens is 2. The number of amides is 1. The summed E-state index contributed by atoms with van der Waals surface area (Å²) in [5, 5.41) is 6.72. The highest BCUT2D eigenvalue weighted by Crippen LogP contribution is 2.23. The fraction of sp³-hybridized carbons (Fsp3) is 0.200. The minimum Gasteiger partial charge on any atom is -0.344 e. The molecule has 3 aromatic rings. The van der Waals surface area contributed by atoms with Gasteiger partial charge in [0.15, 0.2) is 0 Å². The van der Waals surface area contributed by atoms with E-state index in [1.54, 1.807) is 38.2 Å². The van der Waals surface area contributed by atoms with E-state index in [1.165, 1.54) is 29.2 Å². The van der Waals surface area contributed by atoms with Crippen molar-refractivity contribution in [2.24, 2.45) is 7.05 Å². The van der Waals surface area contributed by atoms with Gasteiger partial charge in [0.05, 0.1) is 17.8 Å². The van der Waals surface area contributed by atoms with Gasteiger partial charge in [-0.3, -0.25) is 9.48 Å². The number of carbonyl (C=O) groups is 1. The predicted molar refractivity (Wildman–Crippen MR) is 114 cm³/mol. The number of nitrogens with zero attached hydrogens (tertiary/aromatic N) is 2. The number of aryl methyl sites for hydroxylation is 2. The zero-order valence-corrected chi connectivity index (χ0v) is 18.7. The van der Waals surface area contributed by atoms with Crippen molar-refractivity contribution < 1.29 is 17.6 Å². The third-order valence-electron chi connectivity index (χ3n) is 4.46. The zero-order chi connectivity index (χ0) is 21.9. The first-order valence-electron chi connectivity index (χ1n) is 8.97. The SMILES string of the molecule is Cc1cc(F)cc(Br)c1C(=O)NC(CNS(=O)(=O)c1cnn(C)c1)c1ccccc1. The lowest BCUT2D eigenvalue weighted by Gasteiger charge is -2.21. The van der Waals surface area contributed by atoms with Gasteiger partial charge in [-0.15, -0.1) is 0 Å². The molecule has 1 heterocycles. The van der Waals surface area contributed by atoms with Crippen LogP contribution in [-0.2, 0) is 17.1 Å². The van der Waals surface area contributed by atoms with Crippen LogP contribution in [-0.4, -0.2) is 30.7 Å². The summed E-state index contributed by atoms with van der Waals surface area (Å²) < 4.78 is 42.9. The monoisotopic (exact) mass is 494 g/mol. The van der Waals surface area contributed by atoms with E-state index >= 15 is 0 Å². The Balaban J connectivity index is 1.84. The molecule has 0 aliphatic heterocycles. The molecule has 1 atom stereocenters. The maximum absolute atomic E-state index is 13.6. The van der Waals surface area contributed by atoms with Crippen molar-refractivity contribution >= 4 is 31.9 Å². The largest absolute Gasteiger partial charge is 0.344 e. The molecule has 0 saturated carbocycles. The summed E-state index contributed by atoms with van der Waals surface area (Å²) in [6.45, 7) is 1.55. The Morgan fingerprint density at radius 3 is 2.57 bits per heavy atom. The Morgan fingerprint density at radius 1 is 1.27 bits per heavy atom. The van der Waals surface area contributed by atoms with Gasteiger partial charge in [0.25, 0.3) is 5.91 Å². The summed E-state index contributed by atoms with van der Waals surface area (Å²) in [5.74, 6) is -0.909. The Labute approximate surface area is 182 Å². The lowest BCUT2D eigenvalue weighted by atomic mass is 10.0. The Bertz CT molecular complexity index is 1140. The molecule has 3 rings (SSSR count). The summed E-state index contributed by atoms with van der Waals surface area (Å²) in [7, 11) is -2.19. The lowest BCUT2D eigenvalue weighted by molar-refractivity contribution is 0.0935. The number of benzene rings is 2. The molecular formula is C20H20BrFN4O3S. The van der Waals surface area contributed by atoms with E-state index in [-0.39, 0.29) is 17.0 Å². The topological polar surface area (TPSA) is 93.1 Å². The number of nitrogens with one attached hydrogen (secondary N) is 2. The van der Waals surface area contributed by atoms with Crippen LogP contribution in [0, 0.1) is 12.7 Å². The van der Waals surface area contributed by atoms with Gasteiger partial charge < -0.3 is 5.32 Å². The molecule has 30 heavy (non-hydrogen) atoms. The average molecular weight is 495 g/mol. The maximum atomic E-state index is 13.6. The summed E-state index contributed by atoms with van der Waals surface area (Å²) in [5.41, 5.74) is 1.46. The van der Waals surface area contributed by atoms with E-state index in [2.05, 4.69) is 31.1 Å². The molecule has 1 aromatic heterocycles. The van der Waals surface area contributed by atoms with Crippen LogP contribution in [0.5, 0.6) is 0 Å². The first-order chi connectivity index (χ1) is 14.2. The molecule has 1 unspecified atom stereocenters. The van der Waals surface area contributed by atoms with Crippen LogP contribution >= 0.6 is 15.9 Å². The Hall–Kier alpha value is -2.56. The first kappa shape index (κ1) is 22.1. The van der Waals surface area contributed by atoms with Gasteiger partial charge in [0.1, 0.15) is 10.7 Å². The number of halogens is 2. The molecule has 0 saturated heterocycles. The molecule has 7 nitrogen and oxygen atoms in total. The molecule has 2 aromatic carbocycles. The molecule has 0 bridgehead atoms. The summed E-state index contributed by atoms with van der Waals surface area (Å²) in [6, 6.07) is 10.8. The normalized spacial score (nSPS) is 12.5. The summed E-state index contributed by atoms with van der Waals surface area (Å²) in [4.78, 5) is 13.0. The molecule has 2 N–H and O–H groups in total. The number of hydrogen-bond donors (Lipinski definition) is 2. The maximum Gasteiger partial charge on any atom is 0.253 e. The van der Waals surface area contributed by atoms with E-state index in [0.717, 1.165) is 5.56 Å². The highest BCUT2D eigenvalue weighted by molar-refractivity contribution is 9.10. The fourth-order valence-corrected chi connectivity index (χ4v) is 4.71. The van der Waals surface area contributed by atoms with Crippen LogP contribution in [0.1, 0.15) is 27.5 Å². The third kappa shape index (κ3) is 5.13. The standard InChI is InChI=1S/C20H20BrFN4O3S/c1-13-8-15(22)9-17(21)19(13)20(27)25-18(14-6-4-3-5-7-14)11-24-30(28,29)16-10-23-26(2)12-16/h3-10,12,18,24H,11H2,1-2H3,(H,25,27). The van der Waals surface area contributed by atoms with E-state index in [1.807, 2.05) is 6.07 Å². The van der Waals surface area contributed by atoms with E-state index in [9.17, 15) is 17.6 Å². The van der Waals surface area contributed by atoms with Crippen LogP contribution in [0.25, 0.3) is 0 Å². The third-order valence-corrected chi connectivity index (χ3v) is 6.46. The van der Waals surface area contributed by atoms with Gasteiger partial charge >= 0.3 is 0 Å². The highest BCUT2D eigenvalue weighted by Gasteiger charge is 2.23. The molecule has 0 radical (unpaired) electrons. The van der Waals surface area contributed by atoms with E-state index < -0.39 is 27.8 Å². The molecule has 0 aliphatic rings. The van der Waals surface area contributed by atoms with Gasteiger partial charge in [-0.1, -0.05) is 30.3 Å². The minimum absolute atomic E-state index is 0.0280. The van der Waals surface area contributed by atoms with Crippen molar-refractivity contribution in [1.29, 1.82) is 0 Å². The quantitative estimate of drug-likeness (QED) is 0.527. The van der Waals surface area contributed by atoms with Crippen LogP contribution in [0.2, 0.25) is 0 Å². The second-order valence-electron chi connectivity index (χ2n) is 6.72. The van der Waals surface area contributed by atoms with Crippen molar-refractivity contribution in [3.63, 3.8) is 0 Å². The minimum atomic E-state index is -3.81. The van der Waals surface area contributed by atoms with E-state index in [0.29, 0.717) is 10.0 Å². The van der Waals surface area contributed by atoms with Gasteiger partial charge in [-0.2, -0.15) is 5.10 Å². The second kappa shape index (κ2) is 9.07.